The summed E-state index contributed by atoms with van der Waals surface area (Å²) in [7, 11) is 1.69. The van der Waals surface area contributed by atoms with Gasteiger partial charge in [0.2, 0.25) is 0 Å². The van der Waals surface area contributed by atoms with Gasteiger partial charge in [0.1, 0.15) is 13.2 Å². The van der Waals surface area contributed by atoms with Crippen LogP contribution in [0, 0.1) is 0 Å². The molecule has 0 bridgehead atoms. The Morgan fingerprint density at radius 2 is 1.83 bits per heavy atom. The molecule has 1 amide bonds. The molecule has 2 atom stereocenters. The van der Waals surface area contributed by atoms with Crippen LogP contribution >= 0.6 is 0 Å². The van der Waals surface area contributed by atoms with E-state index in [1.807, 2.05) is 52.5 Å². The maximum absolute atomic E-state index is 13.1. The number of nitrogens with zero attached hydrogens (tertiary/aromatic N) is 3. The third-order valence-electron chi connectivity index (χ3n) is 7.17. The van der Waals surface area contributed by atoms with Gasteiger partial charge in [-0.05, 0) is 50.6 Å². The molecule has 192 valence electrons. The number of ether oxygens (including phenoxy) is 3. The number of aromatic nitrogens is 2. The molecule has 0 radical (unpaired) electrons. The molecule has 9 heteroatoms. The summed E-state index contributed by atoms with van der Waals surface area (Å²) in [4.78, 5) is 28.3. The average molecular weight is 495 g/mol. The molecule has 2 aromatic carbocycles. The van der Waals surface area contributed by atoms with Gasteiger partial charge in [-0.15, -0.1) is 0 Å². The molecule has 2 aliphatic heterocycles. The number of aryl methyl sites for hydroxylation is 2. The number of carbonyl (C=O) groups excluding carboxylic acids is 1. The number of piperidine rings is 1. The van der Waals surface area contributed by atoms with E-state index in [0.717, 1.165) is 43.5 Å². The fourth-order valence-corrected chi connectivity index (χ4v) is 5.33. The van der Waals surface area contributed by atoms with Gasteiger partial charge in [0, 0.05) is 33.3 Å². The minimum Gasteiger partial charge on any atom is -0.486 e. The van der Waals surface area contributed by atoms with Crippen molar-refractivity contribution in [3.63, 3.8) is 0 Å². The van der Waals surface area contributed by atoms with Crippen molar-refractivity contribution in [2.75, 3.05) is 40.0 Å². The highest BCUT2D eigenvalue weighted by Gasteiger charge is 2.31. The van der Waals surface area contributed by atoms with Crippen LogP contribution in [0.15, 0.2) is 47.3 Å². The first-order valence-electron chi connectivity index (χ1n) is 12.7. The van der Waals surface area contributed by atoms with Crippen LogP contribution < -0.4 is 20.5 Å². The molecule has 36 heavy (non-hydrogen) atoms. The Balaban J connectivity index is 1.18. The van der Waals surface area contributed by atoms with Crippen molar-refractivity contribution >= 4 is 16.9 Å². The second-order valence-corrected chi connectivity index (χ2v) is 9.29. The number of amides is 1. The fraction of sp³-hybridized carbons (Fsp3) is 0.481. The largest absolute Gasteiger partial charge is 0.486 e. The molecule has 2 aliphatic rings. The standard InChI is InChI=1S/C27H34N4O5/c1-3-30-21-9-4-5-10-22(21)31(27(30)33)14-7-13-29-15-12-20(24(18-29)34-2)28-26(32)19-8-6-11-23-25(19)36-17-16-35-23/h4-6,8-11,20,24H,3,7,12-18H2,1-2H3,(H,28,32). The number of benzene rings is 2. The lowest BCUT2D eigenvalue weighted by molar-refractivity contribution is 0.00581. The summed E-state index contributed by atoms with van der Waals surface area (Å²) < 4.78 is 20.8. The summed E-state index contributed by atoms with van der Waals surface area (Å²) in [6.07, 6.45) is 1.52. The van der Waals surface area contributed by atoms with Crippen molar-refractivity contribution in [1.82, 2.24) is 19.4 Å². The minimum atomic E-state index is -0.176. The quantitative estimate of drug-likeness (QED) is 0.518. The van der Waals surface area contributed by atoms with E-state index in [4.69, 9.17) is 14.2 Å². The number of likely N-dealkylation sites (tertiary alicyclic amines) is 1. The lowest BCUT2D eigenvalue weighted by Crippen LogP contribution is -2.55. The van der Waals surface area contributed by atoms with Crippen LogP contribution in [0.4, 0.5) is 0 Å². The summed E-state index contributed by atoms with van der Waals surface area (Å²) >= 11 is 0. The summed E-state index contributed by atoms with van der Waals surface area (Å²) in [5.41, 5.74) is 2.50. The van der Waals surface area contributed by atoms with Gasteiger partial charge in [-0.3, -0.25) is 13.9 Å². The van der Waals surface area contributed by atoms with E-state index >= 15 is 0 Å². The Kier molecular flexibility index (Phi) is 7.29. The van der Waals surface area contributed by atoms with Gasteiger partial charge >= 0.3 is 5.69 Å². The smallest absolute Gasteiger partial charge is 0.329 e. The first kappa shape index (κ1) is 24.4. The maximum atomic E-state index is 13.1. The zero-order chi connectivity index (χ0) is 25.1. The van der Waals surface area contributed by atoms with Crippen molar-refractivity contribution < 1.29 is 19.0 Å². The van der Waals surface area contributed by atoms with Crippen molar-refractivity contribution in [3.8, 4) is 11.5 Å². The van der Waals surface area contributed by atoms with E-state index < -0.39 is 0 Å². The zero-order valence-electron chi connectivity index (χ0n) is 20.9. The van der Waals surface area contributed by atoms with Gasteiger partial charge in [-0.25, -0.2) is 4.79 Å². The monoisotopic (exact) mass is 494 g/mol. The lowest BCUT2D eigenvalue weighted by atomic mass is 10.0. The molecule has 9 nitrogen and oxygen atoms in total. The third-order valence-corrected chi connectivity index (χ3v) is 7.17. The van der Waals surface area contributed by atoms with Crippen LogP contribution in [0.2, 0.25) is 0 Å². The second kappa shape index (κ2) is 10.8. The number of fused-ring (bicyclic) bond motifs is 2. The zero-order valence-corrected chi connectivity index (χ0v) is 20.9. The van der Waals surface area contributed by atoms with Gasteiger partial charge in [0.15, 0.2) is 11.5 Å². The van der Waals surface area contributed by atoms with E-state index in [1.54, 1.807) is 13.2 Å². The highest BCUT2D eigenvalue weighted by atomic mass is 16.6. The van der Waals surface area contributed by atoms with Gasteiger partial charge in [0.05, 0.1) is 28.7 Å². The Labute approximate surface area is 210 Å². The molecule has 5 rings (SSSR count). The van der Waals surface area contributed by atoms with E-state index in [-0.39, 0.29) is 23.7 Å². The van der Waals surface area contributed by atoms with Gasteiger partial charge in [-0.1, -0.05) is 18.2 Å². The number of para-hydroxylation sites is 3. The van der Waals surface area contributed by atoms with Crippen LogP contribution in [-0.2, 0) is 17.8 Å². The van der Waals surface area contributed by atoms with Crippen LogP contribution in [-0.4, -0.2) is 72.0 Å². The molecule has 1 saturated heterocycles. The lowest BCUT2D eigenvalue weighted by Gasteiger charge is -2.38. The van der Waals surface area contributed by atoms with Crippen LogP contribution in [0.3, 0.4) is 0 Å². The first-order valence-corrected chi connectivity index (χ1v) is 12.7. The van der Waals surface area contributed by atoms with Crippen LogP contribution in [0.1, 0.15) is 30.1 Å². The van der Waals surface area contributed by atoms with Crippen LogP contribution in [0.25, 0.3) is 11.0 Å². The van der Waals surface area contributed by atoms with E-state index in [0.29, 0.717) is 43.4 Å². The fourth-order valence-electron chi connectivity index (χ4n) is 5.33. The SMILES string of the molecule is CCn1c(=O)n(CCCN2CCC(NC(=O)c3cccc4c3OCCO4)C(OC)C2)c2ccccc21. The number of nitrogens with one attached hydrogen (secondary N) is 1. The highest BCUT2D eigenvalue weighted by molar-refractivity contribution is 5.98. The van der Waals surface area contributed by atoms with Crippen LogP contribution in [0.5, 0.6) is 11.5 Å². The molecule has 1 N–H and O–H groups in total. The topological polar surface area (TPSA) is 87.0 Å². The normalized spacial score (nSPS) is 19.9. The Morgan fingerprint density at radius 3 is 2.61 bits per heavy atom. The maximum Gasteiger partial charge on any atom is 0.329 e. The highest BCUT2D eigenvalue weighted by Crippen LogP contribution is 2.33. The minimum absolute atomic E-state index is 0.0485. The van der Waals surface area contributed by atoms with Gasteiger partial charge in [-0.2, -0.15) is 0 Å². The average Bonchev–Trinajstić information content (AvgIpc) is 3.19. The van der Waals surface area contributed by atoms with Crippen molar-refractivity contribution in [3.05, 3.63) is 58.5 Å². The molecule has 0 spiro atoms. The predicted octanol–water partition coefficient (Wildman–Crippen LogP) is 2.50. The van der Waals surface area contributed by atoms with Crippen molar-refractivity contribution in [2.45, 2.75) is 45.0 Å². The van der Waals surface area contributed by atoms with Gasteiger partial charge < -0.3 is 24.4 Å². The molecular formula is C27H34N4O5. The molecule has 2 unspecified atom stereocenters. The van der Waals surface area contributed by atoms with Crippen molar-refractivity contribution in [1.29, 1.82) is 0 Å². The van der Waals surface area contributed by atoms with E-state index in [9.17, 15) is 9.59 Å². The first-order chi connectivity index (χ1) is 17.6. The number of hydrogen-bond donors (Lipinski definition) is 1. The number of methoxy groups -OCH3 is 1. The number of carbonyl (C=O) groups is 1. The summed E-state index contributed by atoms with van der Waals surface area (Å²) in [6, 6.07) is 13.3. The molecule has 0 saturated carbocycles. The number of rotatable bonds is 8. The Hall–Kier alpha value is -3.30. The molecule has 1 fully saturated rings. The summed E-state index contributed by atoms with van der Waals surface area (Å²) in [5, 5.41) is 3.15. The molecule has 1 aromatic heterocycles. The Morgan fingerprint density at radius 1 is 1.06 bits per heavy atom. The summed E-state index contributed by atoms with van der Waals surface area (Å²) in [6.45, 7) is 6.67. The second-order valence-electron chi connectivity index (χ2n) is 9.29. The molecule has 3 heterocycles. The van der Waals surface area contributed by atoms with E-state index in [2.05, 4.69) is 10.2 Å². The molecular weight excluding hydrogens is 460 g/mol. The number of hydrogen-bond acceptors (Lipinski definition) is 6. The van der Waals surface area contributed by atoms with Gasteiger partial charge in [0.25, 0.3) is 5.91 Å². The molecule has 3 aromatic rings. The Bertz CT molecular complexity index is 1280. The predicted molar refractivity (Wildman–Crippen MR) is 137 cm³/mol. The summed E-state index contributed by atoms with van der Waals surface area (Å²) in [5.74, 6) is 0.935. The van der Waals surface area contributed by atoms with E-state index in [1.165, 1.54) is 0 Å². The number of imidazole rings is 1. The van der Waals surface area contributed by atoms with Crippen molar-refractivity contribution in [2.24, 2.45) is 0 Å². The molecule has 0 aliphatic carbocycles. The third kappa shape index (κ3) is 4.73.